The molecule has 0 aliphatic carbocycles. The molecular weight excluding hydrogens is 250 g/mol. The fourth-order valence-corrected chi connectivity index (χ4v) is 2.54. The summed E-state index contributed by atoms with van der Waals surface area (Å²) in [5.74, 6) is 0. The maximum atomic E-state index is 4.50. The van der Waals surface area contributed by atoms with Gasteiger partial charge in [-0.2, -0.15) is 5.10 Å². The van der Waals surface area contributed by atoms with Crippen LogP contribution < -0.4 is 5.43 Å². The Kier molecular flexibility index (Phi) is 2.97. The Balaban J connectivity index is 1.86. The topological polar surface area (TPSA) is 47.7 Å². The molecule has 5 nitrogen and oxygen atoms in total. The van der Waals surface area contributed by atoms with Crippen molar-refractivity contribution in [3.63, 3.8) is 0 Å². The SMILES string of the molecule is Cc1nn(C)c2ncc(CNn3c(C)ccc3C)cc12. The fraction of sp³-hybridized carbons (Fsp3) is 0.333. The molecule has 0 aliphatic rings. The summed E-state index contributed by atoms with van der Waals surface area (Å²) in [5.41, 5.74) is 8.93. The maximum absolute atomic E-state index is 4.50. The van der Waals surface area contributed by atoms with Crippen molar-refractivity contribution in [3.8, 4) is 0 Å². The Morgan fingerprint density at radius 2 is 1.85 bits per heavy atom. The molecule has 3 aromatic heterocycles. The highest BCUT2D eigenvalue weighted by molar-refractivity contribution is 5.78. The predicted molar refractivity (Wildman–Crippen MR) is 80.2 cm³/mol. The molecule has 0 atom stereocenters. The first-order valence-electron chi connectivity index (χ1n) is 6.73. The van der Waals surface area contributed by atoms with Crippen LogP contribution in [0.4, 0.5) is 0 Å². The predicted octanol–water partition coefficient (Wildman–Crippen LogP) is 2.44. The lowest BCUT2D eigenvalue weighted by molar-refractivity contribution is 0.772. The molecule has 20 heavy (non-hydrogen) atoms. The van der Waals surface area contributed by atoms with Gasteiger partial charge in [0.15, 0.2) is 5.65 Å². The van der Waals surface area contributed by atoms with Gasteiger partial charge in [0.05, 0.1) is 12.2 Å². The standard InChI is InChI=1S/C15H19N5/c1-10-5-6-11(2)20(10)17-9-13-7-14-12(3)18-19(4)15(14)16-8-13/h5-8,17H,9H2,1-4H3. The van der Waals surface area contributed by atoms with Crippen molar-refractivity contribution in [1.29, 1.82) is 0 Å². The van der Waals surface area contributed by atoms with Crippen LogP contribution in [-0.2, 0) is 13.6 Å². The minimum absolute atomic E-state index is 0.744. The molecule has 0 bridgehead atoms. The van der Waals surface area contributed by atoms with Crippen LogP contribution in [0.2, 0.25) is 0 Å². The first kappa shape index (κ1) is 12.7. The van der Waals surface area contributed by atoms with Gasteiger partial charge in [0.1, 0.15) is 0 Å². The van der Waals surface area contributed by atoms with Gasteiger partial charge in [0.25, 0.3) is 0 Å². The fourth-order valence-electron chi connectivity index (χ4n) is 2.54. The molecule has 1 N–H and O–H groups in total. The van der Waals surface area contributed by atoms with E-state index >= 15 is 0 Å². The van der Waals surface area contributed by atoms with Crippen molar-refractivity contribution in [1.82, 2.24) is 19.4 Å². The van der Waals surface area contributed by atoms with Crippen molar-refractivity contribution in [2.45, 2.75) is 27.3 Å². The molecule has 0 unspecified atom stereocenters. The van der Waals surface area contributed by atoms with Crippen molar-refractivity contribution in [2.75, 3.05) is 5.43 Å². The van der Waals surface area contributed by atoms with Crippen LogP contribution in [0.3, 0.4) is 0 Å². The third-order valence-corrected chi connectivity index (χ3v) is 3.63. The molecule has 5 heteroatoms. The molecule has 0 saturated heterocycles. The number of hydrogen-bond donors (Lipinski definition) is 1. The minimum atomic E-state index is 0.744. The van der Waals surface area contributed by atoms with Gasteiger partial charge < -0.3 is 5.43 Å². The smallest absolute Gasteiger partial charge is 0.157 e. The van der Waals surface area contributed by atoms with E-state index in [1.54, 1.807) is 0 Å². The van der Waals surface area contributed by atoms with E-state index in [1.165, 1.54) is 11.4 Å². The summed E-state index contributed by atoms with van der Waals surface area (Å²) in [7, 11) is 1.92. The number of pyridine rings is 1. The zero-order chi connectivity index (χ0) is 14.3. The summed E-state index contributed by atoms with van der Waals surface area (Å²) in [5, 5.41) is 5.52. The first-order chi connectivity index (χ1) is 9.56. The van der Waals surface area contributed by atoms with Gasteiger partial charge in [-0.25, -0.2) is 4.98 Å². The molecule has 3 heterocycles. The van der Waals surface area contributed by atoms with E-state index in [-0.39, 0.29) is 0 Å². The van der Waals surface area contributed by atoms with E-state index in [4.69, 9.17) is 0 Å². The second-order valence-electron chi connectivity index (χ2n) is 5.21. The summed E-state index contributed by atoms with van der Waals surface area (Å²) >= 11 is 0. The summed E-state index contributed by atoms with van der Waals surface area (Å²) in [4.78, 5) is 4.50. The van der Waals surface area contributed by atoms with Gasteiger partial charge in [-0.3, -0.25) is 9.36 Å². The van der Waals surface area contributed by atoms with Gasteiger partial charge in [0, 0.05) is 30.0 Å². The molecular formula is C15H19N5. The Hall–Kier alpha value is -2.30. The minimum Gasteiger partial charge on any atom is -0.321 e. The second-order valence-corrected chi connectivity index (χ2v) is 5.21. The van der Waals surface area contributed by atoms with Gasteiger partial charge in [-0.15, -0.1) is 0 Å². The van der Waals surface area contributed by atoms with Gasteiger partial charge in [-0.1, -0.05) is 0 Å². The summed E-state index contributed by atoms with van der Waals surface area (Å²) in [6, 6.07) is 6.37. The number of hydrogen-bond acceptors (Lipinski definition) is 3. The second kappa shape index (κ2) is 4.67. The van der Waals surface area contributed by atoms with Gasteiger partial charge >= 0.3 is 0 Å². The number of rotatable bonds is 3. The monoisotopic (exact) mass is 269 g/mol. The van der Waals surface area contributed by atoms with Crippen LogP contribution in [-0.4, -0.2) is 19.4 Å². The Morgan fingerprint density at radius 1 is 1.15 bits per heavy atom. The average molecular weight is 269 g/mol. The van der Waals surface area contributed by atoms with E-state index in [2.05, 4.69) is 52.2 Å². The van der Waals surface area contributed by atoms with E-state index in [0.717, 1.165) is 28.8 Å². The summed E-state index contributed by atoms with van der Waals surface area (Å²) < 4.78 is 3.92. The molecule has 0 spiro atoms. The zero-order valence-electron chi connectivity index (χ0n) is 12.3. The van der Waals surface area contributed by atoms with Crippen molar-refractivity contribution < 1.29 is 0 Å². The van der Waals surface area contributed by atoms with Crippen LogP contribution in [0.1, 0.15) is 22.6 Å². The van der Waals surface area contributed by atoms with Crippen LogP contribution in [0.15, 0.2) is 24.4 Å². The van der Waals surface area contributed by atoms with Gasteiger partial charge in [0.2, 0.25) is 0 Å². The third kappa shape index (κ3) is 2.05. The van der Waals surface area contributed by atoms with Crippen LogP contribution in [0, 0.1) is 20.8 Å². The Labute approximate surface area is 118 Å². The Morgan fingerprint density at radius 3 is 2.55 bits per heavy atom. The summed E-state index contributed by atoms with van der Waals surface area (Å²) in [6.07, 6.45) is 1.91. The highest BCUT2D eigenvalue weighted by atomic mass is 15.4. The molecule has 0 aromatic carbocycles. The number of nitrogens with zero attached hydrogens (tertiary/aromatic N) is 4. The zero-order valence-corrected chi connectivity index (χ0v) is 12.3. The lowest BCUT2D eigenvalue weighted by Gasteiger charge is -2.12. The first-order valence-corrected chi connectivity index (χ1v) is 6.73. The van der Waals surface area contributed by atoms with Crippen LogP contribution in [0.5, 0.6) is 0 Å². The lowest BCUT2D eigenvalue weighted by atomic mass is 10.2. The Bertz CT molecular complexity index is 747. The molecule has 0 saturated carbocycles. The maximum Gasteiger partial charge on any atom is 0.157 e. The molecule has 0 aliphatic heterocycles. The molecule has 3 rings (SSSR count). The third-order valence-electron chi connectivity index (χ3n) is 3.63. The van der Waals surface area contributed by atoms with E-state index in [0.29, 0.717) is 0 Å². The number of nitrogens with one attached hydrogen (secondary N) is 1. The molecule has 3 aromatic rings. The molecule has 0 fully saturated rings. The largest absolute Gasteiger partial charge is 0.321 e. The average Bonchev–Trinajstić information content (AvgIpc) is 2.89. The van der Waals surface area contributed by atoms with Crippen LogP contribution >= 0.6 is 0 Å². The number of aromatic nitrogens is 4. The van der Waals surface area contributed by atoms with E-state index in [9.17, 15) is 0 Å². The van der Waals surface area contributed by atoms with Crippen LogP contribution in [0.25, 0.3) is 11.0 Å². The lowest BCUT2D eigenvalue weighted by Crippen LogP contribution is -2.16. The van der Waals surface area contributed by atoms with Crippen molar-refractivity contribution in [2.24, 2.45) is 7.05 Å². The highest BCUT2D eigenvalue weighted by Crippen LogP contribution is 2.16. The van der Waals surface area contributed by atoms with Crippen molar-refractivity contribution >= 4 is 11.0 Å². The number of aryl methyl sites for hydroxylation is 4. The quantitative estimate of drug-likeness (QED) is 0.794. The molecule has 0 radical (unpaired) electrons. The van der Waals surface area contributed by atoms with Gasteiger partial charge in [-0.05, 0) is 44.5 Å². The summed E-state index contributed by atoms with van der Waals surface area (Å²) in [6.45, 7) is 6.94. The molecule has 0 amide bonds. The number of fused-ring (bicyclic) bond motifs is 1. The normalized spacial score (nSPS) is 11.2. The van der Waals surface area contributed by atoms with E-state index < -0.39 is 0 Å². The molecule has 104 valence electrons. The highest BCUT2D eigenvalue weighted by Gasteiger charge is 2.07. The van der Waals surface area contributed by atoms with Crippen molar-refractivity contribution in [3.05, 3.63) is 47.0 Å². The van der Waals surface area contributed by atoms with E-state index in [1.807, 2.05) is 24.9 Å².